The van der Waals surface area contributed by atoms with Gasteiger partial charge >= 0.3 is 0 Å². The first kappa shape index (κ1) is 13.0. The molecule has 2 aliphatic rings. The molecule has 21 heavy (non-hydrogen) atoms. The average Bonchev–Trinajstić information content (AvgIpc) is 3.00. The molecule has 4 nitrogen and oxygen atoms in total. The van der Waals surface area contributed by atoms with E-state index in [1.54, 1.807) is 0 Å². The molecule has 2 aromatic heterocycles. The maximum Gasteiger partial charge on any atom is 0.0713 e. The number of nitrogens with zero attached hydrogens (tertiary/aromatic N) is 2. The van der Waals surface area contributed by atoms with Crippen molar-refractivity contribution in [2.75, 3.05) is 19.8 Å². The summed E-state index contributed by atoms with van der Waals surface area (Å²) in [5, 5.41) is 4.89. The monoisotopic (exact) mass is 283 g/mol. The summed E-state index contributed by atoms with van der Waals surface area (Å²) in [5.41, 5.74) is 6.59. The third-order valence-electron chi connectivity index (χ3n) is 4.48. The highest BCUT2D eigenvalue weighted by molar-refractivity contribution is 5.87. The molecule has 0 saturated carbocycles. The lowest BCUT2D eigenvalue weighted by Gasteiger charge is -2.06. The fourth-order valence-corrected chi connectivity index (χ4v) is 3.41. The van der Waals surface area contributed by atoms with Gasteiger partial charge in [-0.15, -0.1) is 0 Å². The third kappa shape index (κ3) is 2.28. The molecular weight excluding hydrogens is 262 g/mol. The summed E-state index contributed by atoms with van der Waals surface area (Å²) in [4.78, 5) is 4.51. The predicted molar refractivity (Wildman–Crippen MR) is 84.2 cm³/mol. The van der Waals surface area contributed by atoms with E-state index < -0.39 is 0 Å². The van der Waals surface area contributed by atoms with E-state index in [9.17, 15) is 0 Å². The summed E-state index contributed by atoms with van der Waals surface area (Å²) in [5.74, 6) is 0. The molecule has 0 aromatic carbocycles. The van der Waals surface area contributed by atoms with Gasteiger partial charge in [0.2, 0.25) is 0 Å². The molecule has 110 valence electrons. The van der Waals surface area contributed by atoms with Gasteiger partial charge in [0.15, 0.2) is 0 Å². The highest BCUT2D eigenvalue weighted by Crippen LogP contribution is 2.30. The quantitative estimate of drug-likeness (QED) is 0.874. The second-order valence-electron chi connectivity index (χ2n) is 6.01. The van der Waals surface area contributed by atoms with E-state index in [1.807, 2.05) is 6.20 Å². The Balaban J connectivity index is 1.95. The second-order valence-corrected chi connectivity index (χ2v) is 6.01. The number of pyridine rings is 1. The third-order valence-corrected chi connectivity index (χ3v) is 4.48. The number of hydrogen-bond donors (Lipinski definition) is 1. The summed E-state index contributed by atoms with van der Waals surface area (Å²) in [6, 6.07) is 2.22. The molecule has 0 atom stereocenters. The largest absolute Gasteiger partial charge is 0.377 e. The SMILES string of the molecule is Cc1cc2c3c(n(C=C4CCOC4)c2cn1)CCCNC3. The van der Waals surface area contributed by atoms with Crippen molar-refractivity contribution in [1.29, 1.82) is 0 Å². The van der Waals surface area contributed by atoms with Crippen molar-refractivity contribution in [1.82, 2.24) is 14.9 Å². The van der Waals surface area contributed by atoms with Gasteiger partial charge in [-0.25, -0.2) is 0 Å². The Labute approximate surface area is 124 Å². The van der Waals surface area contributed by atoms with E-state index in [2.05, 4.69) is 34.1 Å². The van der Waals surface area contributed by atoms with Gasteiger partial charge in [0.1, 0.15) is 0 Å². The van der Waals surface area contributed by atoms with Crippen LogP contribution in [0.2, 0.25) is 0 Å². The van der Waals surface area contributed by atoms with Crippen LogP contribution in [0.1, 0.15) is 29.8 Å². The van der Waals surface area contributed by atoms with Crippen molar-refractivity contribution in [2.24, 2.45) is 0 Å². The first-order valence-electron chi connectivity index (χ1n) is 7.79. The minimum atomic E-state index is 0.770. The number of nitrogens with one attached hydrogen (secondary N) is 1. The molecule has 1 N–H and O–H groups in total. The zero-order valence-corrected chi connectivity index (χ0v) is 12.5. The average molecular weight is 283 g/mol. The van der Waals surface area contributed by atoms with Gasteiger partial charge in [0, 0.05) is 29.5 Å². The maximum atomic E-state index is 5.50. The van der Waals surface area contributed by atoms with Gasteiger partial charge in [-0.2, -0.15) is 0 Å². The number of ether oxygens (including phenoxy) is 1. The fourth-order valence-electron chi connectivity index (χ4n) is 3.41. The molecule has 1 fully saturated rings. The highest BCUT2D eigenvalue weighted by Gasteiger charge is 2.19. The van der Waals surface area contributed by atoms with E-state index in [0.29, 0.717) is 0 Å². The van der Waals surface area contributed by atoms with Crippen LogP contribution in [0, 0.1) is 6.92 Å². The molecule has 4 rings (SSSR count). The molecule has 0 bridgehead atoms. The second kappa shape index (κ2) is 5.28. The van der Waals surface area contributed by atoms with Crippen LogP contribution in [0.3, 0.4) is 0 Å². The van der Waals surface area contributed by atoms with Crippen molar-refractivity contribution < 1.29 is 4.74 Å². The lowest BCUT2D eigenvalue weighted by atomic mass is 10.1. The minimum Gasteiger partial charge on any atom is -0.377 e. The number of aryl methyl sites for hydroxylation is 1. The Morgan fingerprint density at radius 3 is 3.19 bits per heavy atom. The number of rotatable bonds is 1. The zero-order valence-electron chi connectivity index (χ0n) is 12.5. The first-order chi connectivity index (χ1) is 10.3. The maximum absolute atomic E-state index is 5.50. The molecule has 0 spiro atoms. The fraction of sp³-hybridized carbons (Fsp3) is 0.471. The molecule has 4 heteroatoms. The minimum absolute atomic E-state index is 0.770. The van der Waals surface area contributed by atoms with Crippen LogP contribution in [0.15, 0.2) is 17.8 Å². The standard InChI is InChI=1S/C17H21N3O/c1-12-7-14-15-8-18-5-2-3-16(15)20(17(14)9-19-12)10-13-4-6-21-11-13/h7,9-10,18H,2-6,8,11H2,1H3. The molecule has 0 unspecified atom stereocenters. The smallest absolute Gasteiger partial charge is 0.0713 e. The van der Waals surface area contributed by atoms with Crippen LogP contribution >= 0.6 is 0 Å². The molecule has 4 heterocycles. The lowest BCUT2D eigenvalue weighted by molar-refractivity contribution is 0.205. The van der Waals surface area contributed by atoms with Gasteiger partial charge < -0.3 is 14.6 Å². The van der Waals surface area contributed by atoms with Crippen LogP contribution in [0.5, 0.6) is 0 Å². The lowest BCUT2D eigenvalue weighted by Crippen LogP contribution is -2.11. The van der Waals surface area contributed by atoms with Crippen LogP contribution in [0.25, 0.3) is 17.1 Å². The van der Waals surface area contributed by atoms with Gasteiger partial charge in [-0.05, 0) is 49.9 Å². The summed E-state index contributed by atoms with van der Waals surface area (Å²) in [6.45, 7) is 5.75. The topological polar surface area (TPSA) is 39.1 Å². The predicted octanol–water partition coefficient (Wildman–Crippen LogP) is 2.64. The van der Waals surface area contributed by atoms with E-state index in [1.165, 1.54) is 34.2 Å². The Bertz CT molecular complexity index is 706. The Hall–Kier alpha value is -1.65. The Morgan fingerprint density at radius 2 is 2.33 bits per heavy atom. The van der Waals surface area contributed by atoms with Crippen LogP contribution in [0.4, 0.5) is 0 Å². The molecule has 0 amide bonds. The number of aromatic nitrogens is 2. The van der Waals surface area contributed by atoms with Gasteiger partial charge in [-0.3, -0.25) is 4.98 Å². The molecule has 2 aromatic rings. The number of hydrogen-bond acceptors (Lipinski definition) is 3. The molecule has 2 aliphatic heterocycles. The van der Waals surface area contributed by atoms with Crippen molar-refractivity contribution in [3.63, 3.8) is 0 Å². The Morgan fingerprint density at radius 1 is 1.38 bits per heavy atom. The zero-order chi connectivity index (χ0) is 14.2. The van der Waals surface area contributed by atoms with Crippen LogP contribution < -0.4 is 5.32 Å². The van der Waals surface area contributed by atoms with Crippen molar-refractivity contribution >= 4 is 17.1 Å². The molecular formula is C17H21N3O. The van der Waals surface area contributed by atoms with E-state index in [-0.39, 0.29) is 0 Å². The van der Waals surface area contributed by atoms with E-state index in [4.69, 9.17) is 4.74 Å². The van der Waals surface area contributed by atoms with Crippen molar-refractivity contribution in [2.45, 2.75) is 32.7 Å². The normalized spacial score (nSPS) is 20.9. The summed E-state index contributed by atoms with van der Waals surface area (Å²) in [6.07, 6.45) is 7.67. The van der Waals surface area contributed by atoms with E-state index >= 15 is 0 Å². The van der Waals surface area contributed by atoms with E-state index in [0.717, 1.165) is 44.8 Å². The van der Waals surface area contributed by atoms with Crippen LogP contribution in [-0.2, 0) is 17.7 Å². The van der Waals surface area contributed by atoms with Crippen molar-refractivity contribution in [3.05, 3.63) is 34.8 Å². The highest BCUT2D eigenvalue weighted by atomic mass is 16.5. The summed E-state index contributed by atoms with van der Waals surface area (Å²) < 4.78 is 7.87. The molecule has 0 aliphatic carbocycles. The van der Waals surface area contributed by atoms with Crippen molar-refractivity contribution in [3.8, 4) is 0 Å². The number of fused-ring (bicyclic) bond motifs is 3. The van der Waals surface area contributed by atoms with Gasteiger partial charge in [0.05, 0.1) is 24.9 Å². The summed E-state index contributed by atoms with van der Waals surface area (Å²) >= 11 is 0. The van der Waals surface area contributed by atoms with Gasteiger partial charge in [0.25, 0.3) is 0 Å². The molecule has 0 radical (unpaired) electrons. The summed E-state index contributed by atoms with van der Waals surface area (Å²) in [7, 11) is 0. The van der Waals surface area contributed by atoms with Gasteiger partial charge in [-0.1, -0.05) is 0 Å². The Kier molecular flexibility index (Phi) is 3.28. The first-order valence-corrected chi connectivity index (χ1v) is 7.79. The van der Waals surface area contributed by atoms with Crippen LogP contribution in [-0.4, -0.2) is 29.3 Å². The molecule has 1 saturated heterocycles.